The Morgan fingerprint density at radius 3 is 2.46 bits per heavy atom. The molecule has 2 nitrogen and oxygen atoms in total. The van der Waals surface area contributed by atoms with E-state index in [1.807, 2.05) is 6.92 Å². The van der Waals surface area contributed by atoms with Gasteiger partial charge in [-0.2, -0.15) is 0 Å². The lowest BCUT2D eigenvalue weighted by molar-refractivity contribution is -0.229. The van der Waals surface area contributed by atoms with E-state index < -0.39 is 5.79 Å². The summed E-state index contributed by atoms with van der Waals surface area (Å²) in [6, 6.07) is 0. The molecular formula is C11H22O2. The summed E-state index contributed by atoms with van der Waals surface area (Å²) >= 11 is 0. The van der Waals surface area contributed by atoms with Crippen molar-refractivity contribution in [1.82, 2.24) is 0 Å². The smallest absolute Gasteiger partial charge is 0.165 e. The van der Waals surface area contributed by atoms with Crippen molar-refractivity contribution < 1.29 is 9.84 Å². The highest BCUT2D eigenvalue weighted by atomic mass is 16.6. The van der Waals surface area contributed by atoms with Crippen LogP contribution in [0.5, 0.6) is 0 Å². The van der Waals surface area contributed by atoms with E-state index in [0.717, 1.165) is 19.3 Å². The Kier molecular flexibility index (Phi) is 4.20. The van der Waals surface area contributed by atoms with Gasteiger partial charge in [-0.1, -0.05) is 26.2 Å². The lowest BCUT2D eigenvalue weighted by atomic mass is 9.84. The number of hydrogen-bond acceptors (Lipinski definition) is 2. The summed E-state index contributed by atoms with van der Waals surface area (Å²) in [4.78, 5) is 0. The minimum Gasteiger partial charge on any atom is -0.365 e. The fraction of sp³-hybridized carbons (Fsp3) is 1.00. The van der Waals surface area contributed by atoms with Gasteiger partial charge in [-0.15, -0.1) is 0 Å². The molecule has 1 aliphatic rings. The molecule has 1 unspecified atom stereocenters. The van der Waals surface area contributed by atoms with Crippen LogP contribution in [-0.4, -0.2) is 17.5 Å². The second kappa shape index (κ2) is 4.97. The van der Waals surface area contributed by atoms with Crippen molar-refractivity contribution in [2.24, 2.45) is 5.92 Å². The zero-order chi connectivity index (χ0) is 9.73. The minimum absolute atomic E-state index is 0.354. The molecule has 0 bridgehead atoms. The van der Waals surface area contributed by atoms with Gasteiger partial charge in [0.2, 0.25) is 0 Å². The van der Waals surface area contributed by atoms with Crippen LogP contribution in [0.3, 0.4) is 0 Å². The van der Waals surface area contributed by atoms with Gasteiger partial charge in [-0.05, 0) is 26.2 Å². The molecule has 13 heavy (non-hydrogen) atoms. The topological polar surface area (TPSA) is 29.5 Å². The Bertz CT molecular complexity index is 137. The van der Waals surface area contributed by atoms with Gasteiger partial charge >= 0.3 is 0 Å². The molecule has 1 fully saturated rings. The summed E-state index contributed by atoms with van der Waals surface area (Å²) in [5.74, 6) is -0.524. The number of hydrogen-bond donors (Lipinski definition) is 1. The maximum Gasteiger partial charge on any atom is 0.165 e. The fourth-order valence-corrected chi connectivity index (χ4v) is 2.06. The molecule has 2 heteroatoms. The first kappa shape index (κ1) is 11.0. The first-order valence-electron chi connectivity index (χ1n) is 5.53. The predicted molar refractivity (Wildman–Crippen MR) is 53.4 cm³/mol. The van der Waals surface area contributed by atoms with Gasteiger partial charge in [0.25, 0.3) is 0 Å². The van der Waals surface area contributed by atoms with Crippen LogP contribution in [0.1, 0.15) is 52.4 Å². The zero-order valence-corrected chi connectivity index (χ0v) is 8.88. The standard InChI is InChI=1S/C11H22O2/c1-3-9-13-11(2,12)10-7-5-4-6-8-10/h10,12H,3-9H2,1-2H3. The van der Waals surface area contributed by atoms with E-state index in [4.69, 9.17) is 4.74 Å². The van der Waals surface area contributed by atoms with Crippen molar-refractivity contribution in [3.05, 3.63) is 0 Å². The van der Waals surface area contributed by atoms with Crippen LogP contribution in [0.4, 0.5) is 0 Å². The average molecular weight is 186 g/mol. The second-order valence-electron chi connectivity index (χ2n) is 4.24. The maximum absolute atomic E-state index is 10.0. The molecule has 0 aromatic carbocycles. The van der Waals surface area contributed by atoms with Crippen molar-refractivity contribution >= 4 is 0 Å². The summed E-state index contributed by atoms with van der Waals surface area (Å²) in [6.07, 6.45) is 7.03. The molecule has 0 aromatic rings. The van der Waals surface area contributed by atoms with Crippen molar-refractivity contribution in [3.8, 4) is 0 Å². The highest BCUT2D eigenvalue weighted by molar-refractivity contribution is 4.76. The number of aliphatic hydroxyl groups is 1. The lowest BCUT2D eigenvalue weighted by Crippen LogP contribution is -2.39. The van der Waals surface area contributed by atoms with E-state index >= 15 is 0 Å². The number of ether oxygens (including phenoxy) is 1. The third-order valence-electron chi connectivity index (χ3n) is 2.96. The van der Waals surface area contributed by atoms with Crippen LogP contribution in [0.2, 0.25) is 0 Å². The van der Waals surface area contributed by atoms with Crippen LogP contribution in [0, 0.1) is 5.92 Å². The third kappa shape index (κ3) is 3.28. The van der Waals surface area contributed by atoms with Gasteiger partial charge in [-0.25, -0.2) is 0 Å². The average Bonchev–Trinajstić information content (AvgIpc) is 2.16. The van der Waals surface area contributed by atoms with Gasteiger partial charge in [0.1, 0.15) is 0 Å². The fourth-order valence-electron chi connectivity index (χ4n) is 2.06. The molecule has 1 N–H and O–H groups in total. The molecule has 0 aliphatic heterocycles. The number of rotatable bonds is 4. The lowest BCUT2D eigenvalue weighted by Gasteiger charge is -2.35. The predicted octanol–water partition coefficient (Wildman–Crippen LogP) is 2.70. The van der Waals surface area contributed by atoms with Gasteiger partial charge in [0.05, 0.1) is 0 Å². The molecule has 1 saturated carbocycles. The van der Waals surface area contributed by atoms with Crippen molar-refractivity contribution in [3.63, 3.8) is 0 Å². The van der Waals surface area contributed by atoms with Crippen molar-refractivity contribution in [2.75, 3.05) is 6.61 Å². The Balaban J connectivity index is 2.36. The summed E-state index contributed by atoms with van der Waals surface area (Å²) < 4.78 is 5.47. The summed E-state index contributed by atoms with van der Waals surface area (Å²) in [5, 5.41) is 10.0. The first-order chi connectivity index (χ1) is 6.17. The minimum atomic E-state index is -0.879. The molecular weight excluding hydrogens is 164 g/mol. The van der Waals surface area contributed by atoms with Crippen LogP contribution >= 0.6 is 0 Å². The zero-order valence-electron chi connectivity index (χ0n) is 8.88. The largest absolute Gasteiger partial charge is 0.365 e. The van der Waals surface area contributed by atoms with Crippen molar-refractivity contribution in [1.29, 1.82) is 0 Å². The maximum atomic E-state index is 10.0. The van der Waals surface area contributed by atoms with Crippen molar-refractivity contribution in [2.45, 2.75) is 58.2 Å². The Morgan fingerprint density at radius 2 is 1.92 bits per heavy atom. The highest BCUT2D eigenvalue weighted by Crippen LogP contribution is 2.33. The van der Waals surface area contributed by atoms with Crippen LogP contribution < -0.4 is 0 Å². The van der Waals surface area contributed by atoms with Crippen LogP contribution in [0.15, 0.2) is 0 Å². The van der Waals surface area contributed by atoms with E-state index in [2.05, 4.69) is 6.92 Å². The molecule has 0 spiro atoms. The van der Waals surface area contributed by atoms with Gasteiger partial charge < -0.3 is 9.84 Å². The Labute approximate surface area is 81.3 Å². The van der Waals surface area contributed by atoms with Gasteiger partial charge in [0.15, 0.2) is 5.79 Å². The Hall–Kier alpha value is -0.0800. The molecule has 1 rings (SSSR count). The molecule has 1 atom stereocenters. The van der Waals surface area contributed by atoms with E-state index in [0.29, 0.717) is 12.5 Å². The summed E-state index contributed by atoms with van der Waals surface area (Å²) in [7, 11) is 0. The SMILES string of the molecule is CCCOC(C)(O)C1CCCCC1. The Morgan fingerprint density at radius 1 is 1.31 bits per heavy atom. The molecule has 0 radical (unpaired) electrons. The van der Waals surface area contributed by atoms with Crippen LogP contribution in [0.25, 0.3) is 0 Å². The molecule has 0 heterocycles. The normalized spacial score (nSPS) is 24.2. The molecule has 0 amide bonds. The van der Waals surface area contributed by atoms with Gasteiger partial charge in [0, 0.05) is 12.5 Å². The van der Waals surface area contributed by atoms with E-state index in [9.17, 15) is 5.11 Å². The third-order valence-corrected chi connectivity index (χ3v) is 2.96. The van der Waals surface area contributed by atoms with Gasteiger partial charge in [-0.3, -0.25) is 0 Å². The summed E-state index contributed by atoms with van der Waals surface area (Å²) in [5.41, 5.74) is 0. The molecule has 78 valence electrons. The van der Waals surface area contributed by atoms with Crippen LogP contribution in [-0.2, 0) is 4.74 Å². The quantitative estimate of drug-likeness (QED) is 0.684. The highest BCUT2D eigenvalue weighted by Gasteiger charge is 2.33. The monoisotopic (exact) mass is 186 g/mol. The molecule has 1 aliphatic carbocycles. The van der Waals surface area contributed by atoms with E-state index in [1.165, 1.54) is 19.3 Å². The molecule has 0 aromatic heterocycles. The van der Waals surface area contributed by atoms with E-state index in [-0.39, 0.29) is 0 Å². The van der Waals surface area contributed by atoms with E-state index in [1.54, 1.807) is 0 Å². The molecule has 0 saturated heterocycles. The summed E-state index contributed by atoms with van der Waals surface area (Å²) in [6.45, 7) is 4.55. The first-order valence-corrected chi connectivity index (χ1v) is 5.53. The second-order valence-corrected chi connectivity index (χ2v) is 4.24.